The van der Waals surface area contributed by atoms with Crippen LogP contribution in [0, 0.1) is 6.92 Å². The van der Waals surface area contributed by atoms with Crippen LogP contribution in [-0.4, -0.2) is 54.7 Å². The molecule has 32 heavy (non-hydrogen) atoms. The Labute approximate surface area is 192 Å². The van der Waals surface area contributed by atoms with E-state index >= 15 is 0 Å². The Morgan fingerprint density at radius 2 is 2.06 bits per heavy atom. The van der Waals surface area contributed by atoms with Crippen molar-refractivity contribution in [3.05, 3.63) is 46.8 Å². The lowest BCUT2D eigenvalue weighted by Crippen LogP contribution is -2.38. The summed E-state index contributed by atoms with van der Waals surface area (Å²) in [5, 5.41) is 17.1. The van der Waals surface area contributed by atoms with Gasteiger partial charge in [0.05, 0.1) is 29.6 Å². The SMILES string of the molecule is Cc1nnc(NC(=O)C(COC(C)C)Oc2ncnc3c2cnn3-c2ccccc2Cl)s1. The van der Waals surface area contributed by atoms with Crippen molar-refractivity contribution in [2.75, 3.05) is 11.9 Å². The molecule has 0 spiro atoms. The molecule has 4 rings (SSSR count). The van der Waals surface area contributed by atoms with Gasteiger partial charge in [-0.05, 0) is 32.9 Å². The van der Waals surface area contributed by atoms with Gasteiger partial charge in [-0.15, -0.1) is 10.2 Å². The molecule has 0 bridgehead atoms. The van der Waals surface area contributed by atoms with Crippen LogP contribution in [0.3, 0.4) is 0 Å². The number of rotatable bonds is 8. The van der Waals surface area contributed by atoms with Crippen molar-refractivity contribution in [2.45, 2.75) is 33.0 Å². The summed E-state index contributed by atoms with van der Waals surface area (Å²) in [6.07, 6.45) is 1.84. The van der Waals surface area contributed by atoms with Crippen molar-refractivity contribution >= 4 is 45.0 Å². The maximum Gasteiger partial charge on any atom is 0.269 e. The molecule has 3 aromatic heterocycles. The summed E-state index contributed by atoms with van der Waals surface area (Å²) >= 11 is 7.58. The number of benzene rings is 1. The first kappa shape index (κ1) is 22.1. The number of carbonyl (C=O) groups is 1. The van der Waals surface area contributed by atoms with Crippen molar-refractivity contribution in [2.24, 2.45) is 0 Å². The summed E-state index contributed by atoms with van der Waals surface area (Å²) in [6, 6.07) is 7.28. The van der Waals surface area contributed by atoms with E-state index in [1.165, 1.54) is 17.7 Å². The topological polar surface area (TPSA) is 117 Å². The highest BCUT2D eigenvalue weighted by molar-refractivity contribution is 7.15. The Morgan fingerprint density at radius 3 is 2.78 bits per heavy atom. The lowest BCUT2D eigenvalue weighted by atomic mass is 10.3. The number of amides is 1. The third-order valence-corrected chi connectivity index (χ3v) is 5.37. The van der Waals surface area contributed by atoms with Gasteiger partial charge in [0.1, 0.15) is 16.7 Å². The molecule has 1 aromatic carbocycles. The molecule has 4 aromatic rings. The maximum atomic E-state index is 12.9. The van der Waals surface area contributed by atoms with E-state index in [0.29, 0.717) is 26.9 Å². The van der Waals surface area contributed by atoms with E-state index in [1.807, 2.05) is 32.0 Å². The van der Waals surface area contributed by atoms with Gasteiger partial charge in [-0.25, -0.2) is 14.6 Å². The van der Waals surface area contributed by atoms with Crippen LogP contribution in [0.1, 0.15) is 18.9 Å². The first-order valence-electron chi connectivity index (χ1n) is 9.75. The van der Waals surface area contributed by atoms with Crippen LogP contribution in [0.15, 0.2) is 36.8 Å². The van der Waals surface area contributed by atoms with Gasteiger partial charge in [0, 0.05) is 0 Å². The van der Waals surface area contributed by atoms with Crippen LogP contribution < -0.4 is 10.1 Å². The van der Waals surface area contributed by atoms with Crippen LogP contribution in [0.5, 0.6) is 5.88 Å². The van der Waals surface area contributed by atoms with Crippen LogP contribution in [0.25, 0.3) is 16.7 Å². The van der Waals surface area contributed by atoms with E-state index in [-0.39, 0.29) is 18.6 Å². The minimum atomic E-state index is -0.983. The molecular formula is C20H20ClN7O3S. The van der Waals surface area contributed by atoms with Gasteiger partial charge in [-0.1, -0.05) is 35.1 Å². The van der Waals surface area contributed by atoms with Crippen LogP contribution in [0.4, 0.5) is 5.13 Å². The van der Waals surface area contributed by atoms with Gasteiger partial charge < -0.3 is 9.47 Å². The minimum absolute atomic E-state index is 0.0193. The molecule has 0 saturated heterocycles. The summed E-state index contributed by atoms with van der Waals surface area (Å²) in [5.74, 6) is -0.221. The quantitative estimate of drug-likeness (QED) is 0.413. The molecular weight excluding hydrogens is 454 g/mol. The number of para-hydroxylation sites is 1. The van der Waals surface area contributed by atoms with E-state index < -0.39 is 12.0 Å². The van der Waals surface area contributed by atoms with Gasteiger partial charge in [-0.3, -0.25) is 10.1 Å². The number of aryl methyl sites for hydroxylation is 1. The largest absolute Gasteiger partial charge is 0.461 e. The number of nitrogens with zero attached hydrogens (tertiary/aromatic N) is 6. The number of nitrogens with one attached hydrogen (secondary N) is 1. The molecule has 1 unspecified atom stereocenters. The Kier molecular flexibility index (Phi) is 6.58. The molecule has 0 fully saturated rings. The van der Waals surface area contributed by atoms with Gasteiger partial charge >= 0.3 is 0 Å². The van der Waals surface area contributed by atoms with Crippen molar-refractivity contribution in [3.8, 4) is 11.6 Å². The van der Waals surface area contributed by atoms with Crippen LogP contribution >= 0.6 is 22.9 Å². The van der Waals surface area contributed by atoms with Crippen LogP contribution in [-0.2, 0) is 9.53 Å². The molecule has 10 nitrogen and oxygen atoms in total. The predicted octanol–water partition coefficient (Wildman–Crippen LogP) is 3.44. The van der Waals surface area contributed by atoms with Gasteiger partial charge in [0.2, 0.25) is 17.1 Å². The Hall–Kier alpha value is -3.15. The fraction of sp³-hybridized carbons (Fsp3) is 0.300. The fourth-order valence-electron chi connectivity index (χ4n) is 2.83. The first-order chi connectivity index (χ1) is 15.4. The molecule has 1 amide bonds. The second-order valence-corrected chi connectivity index (χ2v) is 8.62. The summed E-state index contributed by atoms with van der Waals surface area (Å²) in [7, 11) is 0. The number of ether oxygens (including phenoxy) is 2. The second kappa shape index (κ2) is 9.55. The number of fused-ring (bicyclic) bond motifs is 1. The van der Waals surface area contributed by atoms with E-state index in [9.17, 15) is 4.79 Å². The number of halogens is 1. The molecule has 3 heterocycles. The lowest BCUT2D eigenvalue weighted by molar-refractivity contribution is -0.126. The summed E-state index contributed by atoms with van der Waals surface area (Å²) in [4.78, 5) is 21.4. The number of hydrogen-bond acceptors (Lipinski definition) is 9. The maximum absolute atomic E-state index is 12.9. The van der Waals surface area contributed by atoms with E-state index in [0.717, 1.165) is 5.01 Å². The zero-order valence-electron chi connectivity index (χ0n) is 17.5. The third-order valence-electron chi connectivity index (χ3n) is 4.29. The molecule has 12 heteroatoms. The van der Waals surface area contributed by atoms with Gasteiger partial charge in [0.15, 0.2) is 5.65 Å². The molecule has 0 aliphatic carbocycles. The van der Waals surface area contributed by atoms with E-state index in [4.69, 9.17) is 21.1 Å². The number of aromatic nitrogens is 6. The number of anilines is 1. The Balaban J connectivity index is 1.63. The number of carbonyl (C=O) groups excluding carboxylic acids is 1. The smallest absolute Gasteiger partial charge is 0.269 e. The van der Waals surface area contributed by atoms with Crippen molar-refractivity contribution < 1.29 is 14.3 Å². The molecule has 0 aliphatic heterocycles. The average Bonchev–Trinajstić information content (AvgIpc) is 3.37. The molecule has 1 atom stereocenters. The minimum Gasteiger partial charge on any atom is -0.461 e. The first-order valence-corrected chi connectivity index (χ1v) is 10.9. The zero-order chi connectivity index (χ0) is 22.7. The van der Waals surface area contributed by atoms with Gasteiger partial charge in [-0.2, -0.15) is 5.10 Å². The fourth-order valence-corrected chi connectivity index (χ4v) is 3.64. The standard InChI is InChI=1S/C20H20ClN7O3S/c1-11(2)30-9-16(18(29)25-20-27-26-12(3)32-20)31-19-13-8-24-28(17(13)22-10-23-19)15-7-5-4-6-14(15)21/h4-8,10-11,16H,9H2,1-3H3,(H,25,27,29). The van der Waals surface area contributed by atoms with E-state index in [1.54, 1.807) is 23.9 Å². The summed E-state index contributed by atoms with van der Waals surface area (Å²) in [5.41, 5.74) is 1.16. The molecule has 1 N–H and O–H groups in total. The molecule has 0 saturated carbocycles. The summed E-state index contributed by atoms with van der Waals surface area (Å²) in [6.45, 7) is 5.57. The second-order valence-electron chi connectivity index (χ2n) is 7.03. The summed E-state index contributed by atoms with van der Waals surface area (Å²) < 4.78 is 13.2. The molecule has 166 valence electrons. The lowest BCUT2D eigenvalue weighted by Gasteiger charge is -2.19. The van der Waals surface area contributed by atoms with Crippen molar-refractivity contribution in [3.63, 3.8) is 0 Å². The normalized spacial score (nSPS) is 12.3. The molecule has 0 aliphatic rings. The Morgan fingerprint density at radius 1 is 1.25 bits per heavy atom. The third kappa shape index (κ3) is 4.85. The number of hydrogen-bond donors (Lipinski definition) is 1. The van der Waals surface area contributed by atoms with Crippen molar-refractivity contribution in [1.29, 1.82) is 0 Å². The van der Waals surface area contributed by atoms with Crippen LogP contribution in [0.2, 0.25) is 5.02 Å². The van der Waals surface area contributed by atoms with Crippen molar-refractivity contribution in [1.82, 2.24) is 29.9 Å². The van der Waals surface area contributed by atoms with E-state index in [2.05, 4.69) is 30.6 Å². The average molecular weight is 474 g/mol. The highest BCUT2D eigenvalue weighted by atomic mass is 35.5. The molecule has 0 radical (unpaired) electrons. The highest BCUT2D eigenvalue weighted by Crippen LogP contribution is 2.27. The monoisotopic (exact) mass is 473 g/mol. The zero-order valence-corrected chi connectivity index (χ0v) is 19.1. The highest BCUT2D eigenvalue weighted by Gasteiger charge is 2.25. The Bertz CT molecular complexity index is 1240. The van der Waals surface area contributed by atoms with Gasteiger partial charge in [0.25, 0.3) is 5.91 Å². The predicted molar refractivity (Wildman–Crippen MR) is 120 cm³/mol.